The number of rotatable bonds is 5. The van der Waals surface area contributed by atoms with Crippen molar-refractivity contribution in [2.75, 3.05) is 11.9 Å². The highest BCUT2D eigenvalue weighted by atomic mass is 35.5. The molecule has 0 fully saturated rings. The Morgan fingerprint density at radius 2 is 1.92 bits per heavy atom. The van der Waals surface area contributed by atoms with Crippen molar-refractivity contribution in [2.24, 2.45) is 0 Å². The first kappa shape index (κ1) is 19.2. The molecular formula is C17H20ClN3O3S. The molecule has 1 aromatic carbocycles. The molecule has 0 aliphatic heterocycles. The second-order valence-corrected chi connectivity index (χ2v) is 7.57. The van der Waals surface area contributed by atoms with E-state index in [9.17, 15) is 9.59 Å². The number of carbonyl (C=O) groups excluding carboxylic acids is 2. The SMILES string of the molecule is CC(C)(C)OC(=O)NCCC(=O)Nc1nc(-c2ccc(Cl)cc2)cs1. The van der Waals surface area contributed by atoms with E-state index in [1.807, 2.05) is 17.5 Å². The monoisotopic (exact) mass is 381 g/mol. The number of alkyl carbamates (subject to hydrolysis) is 1. The summed E-state index contributed by atoms with van der Waals surface area (Å²) in [5.41, 5.74) is 1.13. The molecule has 134 valence electrons. The molecule has 25 heavy (non-hydrogen) atoms. The number of carbonyl (C=O) groups is 2. The van der Waals surface area contributed by atoms with E-state index >= 15 is 0 Å². The third-order valence-electron chi connectivity index (χ3n) is 2.91. The summed E-state index contributed by atoms with van der Waals surface area (Å²) in [4.78, 5) is 27.8. The lowest BCUT2D eigenvalue weighted by atomic mass is 10.2. The van der Waals surface area contributed by atoms with Gasteiger partial charge in [0.15, 0.2) is 5.13 Å². The second kappa shape index (κ2) is 8.31. The molecule has 0 bridgehead atoms. The van der Waals surface area contributed by atoms with E-state index in [2.05, 4.69) is 15.6 Å². The van der Waals surface area contributed by atoms with E-state index < -0.39 is 11.7 Å². The number of aromatic nitrogens is 1. The lowest BCUT2D eigenvalue weighted by Gasteiger charge is -2.19. The Hall–Kier alpha value is -2.12. The first-order valence-electron chi connectivity index (χ1n) is 7.71. The van der Waals surface area contributed by atoms with Gasteiger partial charge in [0.25, 0.3) is 0 Å². The van der Waals surface area contributed by atoms with Gasteiger partial charge in [-0.15, -0.1) is 11.3 Å². The number of nitrogens with one attached hydrogen (secondary N) is 2. The third kappa shape index (κ3) is 6.72. The fourth-order valence-electron chi connectivity index (χ4n) is 1.86. The van der Waals surface area contributed by atoms with Crippen LogP contribution in [0.1, 0.15) is 27.2 Å². The molecular weight excluding hydrogens is 362 g/mol. The van der Waals surface area contributed by atoms with Crippen molar-refractivity contribution in [3.8, 4) is 11.3 Å². The fraction of sp³-hybridized carbons (Fsp3) is 0.353. The zero-order valence-corrected chi connectivity index (χ0v) is 15.8. The number of halogens is 1. The van der Waals surface area contributed by atoms with Crippen LogP contribution in [0.25, 0.3) is 11.3 Å². The maximum atomic E-state index is 11.9. The van der Waals surface area contributed by atoms with E-state index in [1.165, 1.54) is 11.3 Å². The maximum Gasteiger partial charge on any atom is 0.407 e. The van der Waals surface area contributed by atoms with Crippen LogP contribution in [0.15, 0.2) is 29.6 Å². The Bertz CT molecular complexity index is 738. The maximum absolute atomic E-state index is 11.9. The Morgan fingerprint density at radius 3 is 2.56 bits per heavy atom. The van der Waals surface area contributed by atoms with Crippen molar-refractivity contribution in [3.63, 3.8) is 0 Å². The summed E-state index contributed by atoms with van der Waals surface area (Å²) >= 11 is 7.20. The fourth-order valence-corrected chi connectivity index (χ4v) is 2.72. The number of ether oxygens (including phenoxy) is 1. The zero-order valence-electron chi connectivity index (χ0n) is 14.3. The lowest BCUT2D eigenvalue weighted by Crippen LogP contribution is -2.34. The molecule has 0 aliphatic rings. The summed E-state index contributed by atoms with van der Waals surface area (Å²) in [5, 5.41) is 8.28. The topological polar surface area (TPSA) is 80.3 Å². The van der Waals surface area contributed by atoms with Crippen molar-refractivity contribution >= 4 is 40.1 Å². The Kier molecular flexibility index (Phi) is 6.39. The van der Waals surface area contributed by atoms with Gasteiger partial charge < -0.3 is 15.4 Å². The first-order chi connectivity index (χ1) is 11.7. The molecule has 1 heterocycles. The smallest absolute Gasteiger partial charge is 0.407 e. The molecule has 2 rings (SSSR count). The van der Waals surface area contributed by atoms with Gasteiger partial charge in [-0.2, -0.15) is 0 Å². The minimum absolute atomic E-state index is 0.134. The van der Waals surface area contributed by atoms with Gasteiger partial charge in [-0.05, 0) is 32.9 Å². The summed E-state index contributed by atoms with van der Waals surface area (Å²) in [6, 6.07) is 7.31. The molecule has 0 aliphatic carbocycles. The highest BCUT2D eigenvalue weighted by Crippen LogP contribution is 2.25. The van der Waals surface area contributed by atoms with E-state index in [4.69, 9.17) is 16.3 Å². The number of thiazole rings is 1. The molecule has 6 nitrogen and oxygen atoms in total. The number of nitrogens with zero attached hydrogens (tertiary/aromatic N) is 1. The second-order valence-electron chi connectivity index (χ2n) is 6.27. The first-order valence-corrected chi connectivity index (χ1v) is 8.97. The normalized spacial score (nSPS) is 11.0. The molecule has 0 radical (unpaired) electrons. The van der Waals surface area contributed by atoms with Crippen LogP contribution >= 0.6 is 22.9 Å². The molecule has 2 aromatic rings. The summed E-state index contributed by atoms with van der Waals surface area (Å²) in [6.07, 6.45) is -0.408. The largest absolute Gasteiger partial charge is 0.444 e. The van der Waals surface area contributed by atoms with Crippen LogP contribution in [0.3, 0.4) is 0 Å². The molecule has 1 aromatic heterocycles. The summed E-state index contributed by atoms with van der Waals surface area (Å²) < 4.78 is 5.10. The Morgan fingerprint density at radius 1 is 1.24 bits per heavy atom. The summed E-state index contributed by atoms with van der Waals surface area (Å²) in [6.45, 7) is 5.52. The van der Waals surface area contributed by atoms with Crippen molar-refractivity contribution in [3.05, 3.63) is 34.7 Å². The molecule has 0 unspecified atom stereocenters. The van der Waals surface area contributed by atoms with Crippen molar-refractivity contribution in [2.45, 2.75) is 32.8 Å². The average Bonchev–Trinajstić information content (AvgIpc) is 2.94. The minimum Gasteiger partial charge on any atom is -0.444 e. The van der Waals surface area contributed by atoms with Crippen LogP contribution in [0.4, 0.5) is 9.93 Å². The zero-order chi connectivity index (χ0) is 18.4. The van der Waals surface area contributed by atoms with Crippen LogP contribution < -0.4 is 10.6 Å². The molecule has 0 saturated heterocycles. The predicted molar refractivity (Wildman–Crippen MR) is 100 cm³/mol. The number of benzene rings is 1. The van der Waals surface area contributed by atoms with Crippen LogP contribution in [0.5, 0.6) is 0 Å². The minimum atomic E-state index is -0.564. The molecule has 8 heteroatoms. The van der Waals surface area contributed by atoms with Gasteiger partial charge in [-0.1, -0.05) is 23.7 Å². The van der Waals surface area contributed by atoms with E-state index in [0.29, 0.717) is 10.2 Å². The van der Waals surface area contributed by atoms with Gasteiger partial charge in [0.2, 0.25) is 5.91 Å². The molecule has 2 amide bonds. The molecule has 2 N–H and O–H groups in total. The predicted octanol–water partition coefficient (Wildman–Crippen LogP) is 4.32. The standard InChI is InChI=1S/C17H20ClN3O3S/c1-17(2,3)24-16(23)19-9-8-14(22)21-15-20-13(10-25-15)11-4-6-12(18)7-5-11/h4-7,10H,8-9H2,1-3H3,(H,19,23)(H,20,21,22). The van der Waals surface area contributed by atoms with Crippen LogP contribution in [0.2, 0.25) is 5.02 Å². The number of hydrogen-bond acceptors (Lipinski definition) is 5. The average molecular weight is 382 g/mol. The van der Waals surface area contributed by atoms with Crippen molar-refractivity contribution in [1.29, 1.82) is 0 Å². The highest BCUT2D eigenvalue weighted by molar-refractivity contribution is 7.14. The van der Waals surface area contributed by atoms with Gasteiger partial charge in [0.05, 0.1) is 5.69 Å². The number of hydrogen-bond donors (Lipinski definition) is 2. The van der Waals surface area contributed by atoms with Gasteiger partial charge in [-0.3, -0.25) is 4.79 Å². The van der Waals surface area contributed by atoms with Crippen LogP contribution in [-0.4, -0.2) is 29.1 Å². The molecule has 0 spiro atoms. The van der Waals surface area contributed by atoms with Crippen LogP contribution in [0, 0.1) is 0 Å². The third-order valence-corrected chi connectivity index (χ3v) is 3.92. The van der Waals surface area contributed by atoms with E-state index in [1.54, 1.807) is 32.9 Å². The van der Waals surface area contributed by atoms with Crippen molar-refractivity contribution < 1.29 is 14.3 Å². The van der Waals surface area contributed by atoms with Crippen LogP contribution in [-0.2, 0) is 9.53 Å². The summed E-state index contributed by atoms with van der Waals surface area (Å²) in [7, 11) is 0. The van der Waals surface area contributed by atoms with Gasteiger partial charge in [0, 0.05) is 28.9 Å². The van der Waals surface area contributed by atoms with Crippen molar-refractivity contribution in [1.82, 2.24) is 10.3 Å². The van der Waals surface area contributed by atoms with E-state index in [-0.39, 0.29) is 18.9 Å². The van der Waals surface area contributed by atoms with Gasteiger partial charge in [0.1, 0.15) is 5.60 Å². The highest BCUT2D eigenvalue weighted by Gasteiger charge is 2.16. The molecule has 0 atom stereocenters. The number of amides is 2. The summed E-state index contributed by atoms with van der Waals surface area (Å²) in [5.74, 6) is -0.229. The quantitative estimate of drug-likeness (QED) is 0.808. The lowest BCUT2D eigenvalue weighted by molar-refractivity contribution is -0.116. The molecule has 0 saturated carbocycles. The van der Waals surface area contributed by atoms with E-state index in [0.717, 1.165) is 11.3 Å². The Balaban J connectivity index is 1.79. The Labute approximate surface area is 155 Å². The number of anilines is 1. The van der Waals surface area contributed by atoms with Gasteiger partial charge in [-0.25, -0.2) is 9.78 Å². The van der Waals surface area contributed by atoms with Gasteiger partial charge >= 0.3 is 6.09 Å².